The molecule has 1 fully saturated rings. The number of hydrogen-bond acceptors (Lipinski definition) is 4. The maximum Gasteiger partial charge on any atom is 0.248 e. The molecule has 0 bridgehead atoms. The molecular formula is C25H25ClN4O2S. The van der Waals surface area contributed by atoms with Crippen LogP contribution in [0.15, 0.2) is 59.6 Å². The van der Waals surface area contributed by atoms with Crippen LogP contribution in [0.1, 0.15) is 43.0 Å². The normalized spacial score (nSPS) is 18.8. The van der Waals surface area contributed by atoms with Gasteiger partial charge in [-0.2, -0.15) is 5.10 Å². The number of carbonyl (C=O) groups is 2. The van der Waals surface area contributed by atoms with Gasteiger partial charge in [0.15, 0.2) is 0 Å². The fourth-order valence-corrected chi connectivity index (χ4v) is 5.89. The minimum absolute atomic E-state index is 0.121. The Morgan fingerprint density at radius 3 is 2.45 bits per heavy atom. The van der Waals surface area contributed by atoms with E-state index in [4.69, 9.17) is 16.7 Å². The lowest BCUT2D eigenvalue weighted by Gasteiger charge is -2.30. The molecule has 2 aromatic carbocycles. The molecule has 2 aliphatic rings. The van der Waals surface area contributed by atoms with E-state index in [0.29, 0.717) is 10.7 Å². The van der Waals surface area contributed by atoms with Gasteiger partial charge >= 0.3 is 0 Å². The molecule has 0 saturated heterocycles. The van der Waals surface area contributed by atoms with Crippen molar-refractivity contribution in [1.82, 2.24) is 15.1 Å². The number of anilines is 1. The predicted octanol–water partition coefficient (Wildman–Crippen LogP) is 5.07. The minimum atomic E-state index is -0.804. The van der Waals surface area contributed by atoms with E-state index in [0.717, 1.165) is 47.7 Å². The van der Waals surface area contributed by atoms with Crippen molar-refractivity contribution in [3.8, 4) is 5.69 Å². The summed E-state index contributed by atoms with van der Waals surface area (Å²) in [5.41, 5.74) is 3.06. The largest absolute Gasteiger partial charge is 0.351 e. The summed E-state index contributed by atoms with van der Waals surface area (Å²) in [6, 6.07) is 16.2. The third kappa shape index (κ3) is 4.27. The van der Waals surface area contributed by atoms with Crippen molar-refractivity contribution in [3.05, 3.63) is 70.9 Å². The summed E-state index contributed by atoms with van der Waals surface area (Å²) < 4.78 is 1.85. The number of nitrogens with zero attached hydrogens (tertiary/aromatic N) is 3. The van der Waals surface area contributed by atoms with E-state index in [-0.39, 0.29) is 23.6 Å². The number of thioether (sulfide) groups is 1. The van der Waals surface area contributed by atoms with Gasteiger partial charge in [0.05, 0.1) is 17.1 Å². The number of amides is 2. The molecule has 0 spiro atoms. The van der Waals surface area contributed by atoms with Gasteiger partial charge in [0.25, 0.3) is 0 Å². The van der Waals surface area contributed by atoms with Gasteiger partial charge in [0.2, 0.25) is 11.8 Å². The maximum atomic E-state index is 13.8. The number of nitrogens with one attached hydrogen (secondary N) is 1. The Morgan fingerprint density at radius 2 is 1.76 bits per heavy atom. The average molecular weight is 481 g/mol. The predicted molar refractivity (Wildman–Crippen MR) is 131 cm³/mol. The van der Waals surface area contributed by atoms with Crippen LogP contribution in [0.3, 0.4) is 0 Å². The highest BCUT2D eigenvalue weighted by atomic mass is 35.5. The molecule has 1 aliphatic carbocycles. The van der Waals surface area contributed by atoms with Gasteiger partial charge in [-0.05, 0) is 56.2 Å². The maximum absolute atomic E-state index is 13.8. The lowest BCUT2D eigenvalue weighted by molar-refractivity contribution is -0.126. The Bertz CT molecular complexity index is 1170. The van der Waals surface area contributed by atoms with Crippen LogP contribution in [0, 0.1) is 6.92 Å². The van der Waals surface area contributed by atoms with E-state index >= 15 is 0 Å². The van der Waals surface area contributed by atoms with Gasteiger partial charge in [-0.25, -0.2) is 4.68 Å². The molecular weight excluding hydrogens is 456 g/mol. The molecule has 33 heavy (non-hydrogen) atoms. The molecule has 6 nitrogen and oxygen atoms in total. The quantitative estimate of drug-likeness (QED) is 0.566. The van der Waals surface area contributed by atoms with Crippen molar-refractivity contribution in [2.24, 2.45) is 0 Å². The second kappa shape index (κ2) is 9.23. The lowest BCUT2D eigenvalue weighted by Crippen LogP contribution is -2.46. The highest BCUT2D eigenvalue weighted by molar-refractivity contribution is 8.00. The topological polar surface area (TPSA) is 67.2 Å². The molecule has 0 radical (unpaired) electrons. The molecule has 1 atom stereocenters. The number of para-hydroxylation sites is 1. The van der Waals surface area contributed by atoms with E-state index in [1.54, 1.807) is 29.2 Å². The number of benzene rings is 2. The first kappa shape index (κ1) is 22.0. The highest BCUT2D eigenvalue weighted by Crippen LogP contribution is 2.41. The Balaban J connectivity index is 1.65. The van der Waals surface area contributed by atoms with Gasteiger partial charge < -0.3 is 5.32 Å². The van der Waals surface area contributed by atoms with Gasteiger partial charge in [0, 0.05) is 22.3 Å². The zero-order chi connectivity index (χ0) is 22.9. The summed E-state index contributed by atoms with van der Waals surface area (Å²) in [5, 5.41) is 9.42. The molecule has 1 N–H and O–H groups in total. The van der Waals surface area contributed by atoms with Crippen molar-refractivity contribution in [2.45, 2.75) is 49.7 Å². The summed E-state index contributed by atoms with van der Waals surface area (Å²) in [4.78, 5) is 28.8. The molecule has 2 heterocycles. The summed E-state index contributed by atoms with van der Waals surface area (Å²) >= 11 is 7.54. The molecule has 8 heteroatoms. The summed E-state index contributed by atoms with van der Waals surface area (Å²) in [5.74, 6) is -0.0744. The van der Waals surface area contributed by atoms with Crippen LogP contribution < -0.4 is 10.2 Å². The zero-order valence-corrected chi connectivity index (χ0v) is 19.9. The molecule has 5 rings (SSSR count). The van der Waals surface area contributed by atoms with E-state index in [2.05, 4.69) is 5.32 Å². The Morgan fingerprint density at radius 1 is 1.06 bits per heavy atom. The van der Waals surface area contributed by atoms with Crippen LogP contribution in [-0.2, 0) is 9.59 Å². The fraction of sp³-hybridized carbons (Fsp3) is 0.320. The Labute approximate surface area is 202 Å². The minimum Gasteiger partial charge on any atom is -0.351 e. The first-order chi connectivity index (χ1) is 16.0. The van der Waals surface area contributed by atoms with Crippen molar-refractivity contribution in [3.63, 3.8) is 0 Å². The monoisotopic (exact) mass is 480 g/mol. The van der Waals surface area contributed by atoms with E-state index in [1.165, 1.54) is 11.8 Å². The third-order valence-electron chi connectivity index (χ3n) is 6.25. The number of hydrogen-bond donors (Lipinski definition) is 1. The SMILES string of the molecule is Cc1nn(-c2ccccc2)c2c1[C@H](C(=O)NC1CCCC1)N(c1ccc(Cl)cc1)C(=O)CS2. The number of fused-ring (bicyclic) bond motifs is 1. The third-order valence-corrected chi connectivity index (χ3v) is 7.56. The average Bonchev–Trinajstić information content (AvgIpc) is 3.41. The van der Waals surface area contributed by atoms with E-state index in [1.807, 2.05) is 41.9 Å². The Hall–Kier alpha value is -2.77. The fourth-order valence-electron chi connectivity index (χ4n) is 4.68. The van der Waals surface area contributed by atoms with Gasteiger partial charge in [-0.1, -0.05) is 54.4 Å². The van der Waals surface area contributed by atoms with E-state index < -0.39 is 6.04 Å². The zero-order valence-electron chi connectivity index (χ0n) is 18.3. The second-order valence-electron chi connectivity index (χ2n) is 8.47. The highest BCUT2D eigenvalue weighted by Gasteiger charge is 2.41. The molecule has 3 aromatic rings. The smallest absolute Gasteiger partial charge is 0.248 e. The van der Waals surface area contributed by atoms with Gasteiger partial charge in [-0.15, -0.1) is 0 Å². The summed E-state index contributed by atoms with van der Waals surface area (Å²) in [6.45, 7) is 1.91. The van der Waals surface area contributed by atoms with Crippen LogP contribution in [0.5, 0.6) is 0 Å². The van der Waals surface area contributed by atoms with Crippen LogP contribution >= 0.6 is 23.4 Å². The van der Waals surface area contributed by atoms with Crippen LogP contribution in [0.4, 0.5) is 5.69 Å². The molecule has 1 saturated carbocycles. The molecule has 1 aliphatic heterocycles. The molecule has 170 valence electrons. The van der Waals surface area contributed by atoms with Gasteiger partial charge in [-0.3, -0.25) is 14.5 Å². The first-order valence-corrected chi connectivity index (χ1v) is 12.5. The van der Waals surface area contributed by atoms with Crippen molar-refractivity contribution < 1.29 is 9.59 Å². The van der Waals surface area contributed by atoms with Crippen LogP contribution in [0.25, 0.3) is 5.69 Å². The van der Waals surface area contributed by atoms with Crippen LogP contribution in [0.2, 0.25) is 5.02 Å². The van der Waals surface area contributed by atoms with Crippen molar-refractivity contribution in [2.75, 3.05) is 10.7 Å². The molecule has 0 unspecified atom stereocenters. The number of aryl methyl sites for hydroxylation is 1. The summed E-state index contributed by atoms with van der Waals surface area (Å²) in [6.07, 6.45) is 4.16. The van der Waals surface area contributed by atoms with Gasteiger partial charge in [0.1, 0.15) is 11.1 Å². The summed E-state index contributed by atoms with van der Waals surface area (Å²) in [7, 11) is 0. The first-order valence-electron chi connectivity index (χ1n) is 11.2. The van der Waals surface area contributed by atoms with Crippen molar-refractivity contribution in [1.29, 1.82) is 0 Å². The lowest BCUT2D eigenvalue weighted by atomic mass is 10.0. The standard InChI is InChI=1S/C25H25ClN4O2S/c1-16-22-23(24(32)27-18-7-5-6-8-18)29(19-13-11-17(26)12-14-19)21(31)15-33-25(22)30(28-16)20-9-3-2-4-10-20/h2-4,9-14,18,23H,5-8,15H2,1H3,(H,27,32)/t23-/m1/s1. The molecule has 2 amide bonds. The number of rotatable bonds is 4. The van der Waals surface area contributed by atoms with E-state index in [9.17, 15) is 9.59 Å². The number of aromatic nitrogens is 2. The number of carbonyl (C=O) groups excluding carboxylic acids is 2. The van der Waals surface area contributed by atoms with Crippen molar-refractivity contribution >= 4 is 40.9 Å². The second-order valence-corrected chi connectivity index (χ2v) is 9.87. The number of halogens is 1. The Kier molecular flexibility index (Phi) is 6.17. The molecule has 1 aromatic heterocycles. The van der Waals surface area contributed by atoms with Crippen LogP contribution in [-0.4, -0.2) is 33.4 Å².